The fourth-order valence-electron chi connectivity index (χ4n) is 7.23. The maximum Gasteiger partial charge on any atom is 0.275 e. The van der Waals surface area contributed by atoms with Crippen molar-refractivity contribution < 1.29 is 64.8 Å². The number of nitrogens with one attached hydrogen (secondary N) is 5. The second-order valence-electron chi connectivity index (χ2n) is 15.1. The summed E-state index contributed by atoms with van der Waals surface area (Å²) in [5, 5.41) is 33.6. The highest BCUT2D eigenvalue weighted by Gasteiger charge is 2.44. The molecule has 3 fully saturated rings. The topological polar surface area (TPSA) is 368 Å². The van der Waals surface area contributed by atoms with Crippen LogP contribution in [0.3, 0.4) is 0 Å². The standard InChI is InChI=1S/C37H55N11O11S2/c38-10-2-1-4-22-32(54)46-25(31(41)53)17-60-61-18-26(42-30(52)15-39)37(59)48-16-21(50)13-28(48)35(57)44-23(12-19-6-8-20(49)9-7-19)33(55)45-24(14-29(40)51)36(58)47-11-3-5-27(47)34(56)43-22/h6-9,21-28,49-50H,1-5,10-18,38-39H2,(H2,40,51)(H2,41,53)(H,42,52)(H,43,56)(H,44,57)(H,45,55)(H,46,54)/p+2/t21-,22+,23+,24+,25+,26+,27+,28+/m1/s1. The van der Waals surface area contributed by atoms with E-state index in [-0.39, 0.29) is 62.6 Å². The number of primary amides is 2. The minimum Gasteiger partial charge on any atom is -0.508 e. The number of aliphatic hydroxyl groups excluding tert-OH is 1. The molecule has 0 radical (unpaired) electrons. The van der Waals surface area contributed by atoms with Gasteiger partial charge in [0.1, 0.15) is 48.0 Å². The van der Waals surface area contributed by atoms with Gasteiger partial charge in [-0.2, -0.15) is 0 Å². The molecule has 61 heavy (non-hydrogen) atoms. The van der Waals surface area contributed by atoms with Crippen LogP contribution >= 0.6 is 21.6 Å². The fraction of sp³-hybridized carbons (Fsp3) is 0.595. The summed E-state index contributed by atoms with van der Waals surface area (Å²) in [5.74, 6) is -7.46. The largest absolute Gasteiger partial charge is 0.508 e. The zero-order valence-electron chi connectivity index (χ0n) is 33.7. The Kier molecular flexibility index (Phi) is 18.4. The van der Waals surface area contributed by atoms with Crippen LogP contribution in [-0.2, 0) is 49.6 Å². The van der Waals surface area contributed by atoms with Crippen molar-refractivity contribution in [3.05, 3.63) is 29.8 Å². The van der Waals surface area contributed by atoms with Gasteiger partial charge in [-0.25, -0.2) is 0 Å². The normalized spacial score (nSPS) is 27.5. The van der Waals surface area contributed by atoms with Crippen molar-refractivity contribution in [2.75, 3.05) is 37.7 Å². The second-order valence-corrected chi connectivity index (χ2v) is 17.6. The van der Waals surface area contributed by atoms with E-state index in [1.807, 2.05) is 0 Å². The molecule has 0 aliphatic carbocycles. The highest BCUT2D eigenvalue weighted by atomic mass is 33.1. The van der Waals surface area contributed by atoms with Gasteiger partial charge in [-0.3, -0.25) is 43.2 Å². The lowest BCUT2D eigenvalue weighted by molar-refractivity contribution is -0.368. The summed E-state index contributed by atoms with van der Waals surface area (Å²) < 4.78 is 0. The predicted octanol–water partition coefficient (Wildman–Crippen LogP) is -6.28. The summed E-state index contributed by atoms with van der Waals surface area (Å²) in [6, 6.07) is -3.46. The summed E-state index contributed by atoms with van der Waals surface area (Å²) in [6.07, 6.45) is -0.515. The van der Waals surface area contributed by atoms with Gasteiger partial charge in [0.2, 0.25) is 47.3 Å². The maximum absolute atomic E-state index is 14.2. The number of amides is 9. The van der Waals surface area contributed by atoms with Gasteiger partial charge in [0, 0.05) is 37.4 Å². The molecule has 0 bridgehead atoms. The number of phenols is 1. The van der Waals surface area contributed by atoms with Gasteiger partial charge in [-0.05, 0) is 49.8 Å². The first-order valence-corrected chi connectivity index (χ1v) is 22.5. The van der Waals surface area contributed by atoms with E-state index >= 15 is 0 Å². The highest BCUT2D eigenvalue weighted by Crippen LogP contribution is 2.26. The summed E-state index contributed by atoms with van der Waals surface area (Å²) in [5.41, 5.74) is 19.0. The first-order valence-electron chi connectivity index (χ1n) is 20.0. The Morgan fingerprint density at radius 3 is 2.10 bits per heavy atom. The van der Waals surface area contributed by atoms with Crippen LogP contribution in [0.2, 0.25) is 0 Å². The van der Waals surface area contributed by atoms with Crippen molar-refractivity contribution in [3.63, 3.8) is 0 Å². The molecule has 22 nitrogen and oxygen atoms in total. The van der Waals surface area contributed by atoms with Crippen LogP contribution in [0.15, 0.2) is 24.3 Å². The Morgan fingerprint density at radius 2 is 1.44 bits per heavy atom. The molecule has 0 aromatic heterocycles. The van der Waals surface area contributed by atoms with Crippen LogP contribution in [0.1, 0.15) is 50.5 Å². The van der Waals surface area contributed by atoms with Crippen LogP contribution in [0.4, 0.5) is 0 Å². The Hall–Kier alpha value is -5.17. The summed E-state index contributed by atoms with van der Waals surface area (Å²) in [6.45, 7) is 0.0686. The Morgan fingerprint density at radius 1 is 0.803 bits per heavy atom. The molecule has 8 atom stereocenters. The van der Waals surface area contributed by atoms with Gasteiger partial charge in [-0.1, -0.05) is 33.7 Å². The first kappa shape index (κ1) is 48.5. The lowest BCUT2D eigenvalue weighted by Crippen LogP contribution is -2.62. The average molecular weight is 896 g/mol. The Labute approximate surface area is 359 Å². The summed E-state index contributed by atoms with van der Waals surface area (Å²) in [4.78, 5) is 124. The molecule has 4 rings (SSSR count). The van der Waals surface area contributed by atoms with Gasteiger partial charge in [0.25, 0.3) is 5.91 Å². The van der Waals surface area contributed by atoms with Gasteiger partial charge in [0.05, 0.1) is 19.1 Å². The number of benzene rings is 1. The molecule has 0 unspecified atom stereocenters. The number of aliphatic hydroxyl groups is 1. The minimum absolute atomic E-state index is 0.0524. The number of aromatic hydroxyl groups is 1. The van der Waals surface area contributed by atoms with Crippen molar-refractivity contribution in [1.29, 1.82) is 0 Å². The third-order valence-corrected chi connectivity index (χ3v) is 12.9. The third-order valence-electron chi connectivity index (χ3n) is 10.4. The molecule has 3 saturated heterocycles. The molecule has 3 aliphatic rings. The molecule has 3 heterocycles. The molecule has 3 aliphatic heterocycles. The van der Waals surface area contributed by atoms with Crippen LogP contribution in [0, 0.1) is 0 Å². The number of rotatable bonds is 11. The number of fused-ring (bicyclic) bond motifs is 2. The zero-order chi connectivity index (χ0) is 44.8. The predicted molar refractivity (Wildman–Crippen MR) is 220 cm³/mol. The number of nitrogens with zero attached hydrogens (tertiary/aromatic N) is 2. The van der Waals surface area contributed by atoms with E-state index in [4.69, 9.17) is 11.5 Å². The van der Waals surface area contributed by atoms with Crippen molar-refractivity contribution in [1.82, 2.24) is 36.4 Å². The van der Waals surface area contributed by atoms with Crippen molar-refractivity contribution in [3.8, 4) is 5.75 Å². The lowest BCUT2D eigenvalue weighted by atomic mass is 10.0. The molecule has 17 N–H and O–H groups in total. The highest BCUT2D eigenvalue weighted by molar-refractivity contribution is 8.76. The van der Waals surface area contributed by atoms with Crippen molar-refractivity contribution in [2.24, 2.45) is 11.5 Å². The van der Waals surface area contributed by atoms with E-state index in [9.17, 15) is 53.4 Å². The average Bonchev–Trinajstić information content (AvgIpc) is 3.87. The Balaban J connectivity index is 1.75. The number of unbranched alkanes of at least 4 members (excludes halogenated alkanes) is 1. The van der Waals surface area contributed by atoms with E-state index in [2.05, 4.69) is 38.1 Å². The van der Waals surface area contributed by atoms with Crippen LogP contribution in [0.5, 0.6) is 5.75 Å². The van der Waals surface area contributed by atoms with Crippen LogP contribution < -0.4 is 49.5 Å². The molecule has 336 valence electrons. The smallest absolute Gasteiger partial charge is 0.275 e. The number of quaternary nitrogens is 2. The molecule has 0 saturated carbocycles. The van der Waals surface area contributed by atoms with E-state index in [0.29, 0.717) is 31.4 Å². The summed E-state index contributed by atoms with van der Waals surface area (Å²) >= 11 is 0. The van der Waals surface area contributed by atoms with Crippen LogP contribution in [-0.4, -0.2) is 159 Å². The van der Waals surface area contributed by atoms with E-state index in [1.165, 1.54) is 29.2 Å². The van der Waals surface area contributed by atoms with E-state index < -0.39 is 108 Å². The van der Waals surface area contributed by atoms with Gasteiger partial charge in [-0.15, -0.1) is 0 Å². The minimum atomic E-state index is -1.61. The van der Waals surface area contributed by atoms with E-state index in [0.717, 1.165) is 26.5 Å². The maximum atomic E-state index is 14.2. The fourth-order valence-corrected chi connectivity index (χ4v) is 9.56. The van der Waals surface area contributed by atoms with Crippen molar-refractivity contribution >= 4 is 74.8 Å². The lowest BCUT2D eigenvalue weighted by Gasteiger charge is -2.31. The number of hydrogen-bond acceptors (Lipinski definition) is 13. The number of nitrogens with two attached hydrogens (primary N) is 2. The molecular formula is C37H57N11O11S2+2. The zero-order valence-corrected chi connectivity index (χ0v) is 35.3. The molecular weight excluding hydrogens is 839 g/mol. The van der Waals surface area contributed by atoms with Gasteiger partial charge < -0.3 is 69.5 Å². The van der Waals surface area contributed by atoms with Gasteiger partial charge in [0.15, 0.2) is 6.54 Å². The first-order chi connectivity index (χ1) is 29.0. The number of phenolic OH excluding ortho intramolecular Hbond substituents is 1. The number of carbonyl (C=O) groups excluding carboxylic acids is 9. The number of carbonyl (C=O) groups is 9. The molecule has 0 spiro atoms. The monoisotopic (exact) mass is 895 g/mol. The quantitative estimate of drug-likeness (QED) is 0.0729. The van der Waals surface area contributed by atoms with E-state index in [1.54, 1.807) is 0 Å². The van der Waals surface area contributed by atoms with Crippen molar-refractivity contribution in [2.45, 2.75) is 99.8 Å². The Bertz CT molecular complexity index is 1790. The van der Waals surface area contributed by atoms with Gasteiger partial charge >= 0.3 is 0 Å². The number of hydrogen-bond donors (Lipinski definition) is 11. The SMILES string of the molecule is NC(=O)C[C@@H]1NC(=O)[C@H](Cc2ccc(O)cc2)NC(=O)[C@@H]2C[C@@H](O)CN2C(=O)[C@@H](NC(=O)C[NH3+])CSSC[C@@H](C(N)=O)NC(=O)[C@H](CCCC[NH3+])NC(=O)[C@@H]2CCCN2C1=O. The second kappa shape index (κ2) is 23.2. The molecule has 1 aromatic rings. The third kappa shape index (κ3) is 13.9. The summed E-state index contributed by atoms with van der Waals surface area (Å²) in [7, 11) is 2.12. The molecule has 1 aromatic carbocycles. The van der Waals surface area contributed by atoms with Crippen LogP contribution in [0.25, 0.3) is 0 Å². The molecule has 9 amide bonds. The molecule has 24 heteroatoms.